The van der Waals surface area contributed by atoms with Crippen LogP contribution in [0, 0.1) is 5.82 Å². The Morgan fingerprint density at radius 2 is 2.31 bits per heavy atom. The summed E-state index contributed by atoms with van der Waals surface area (Å²) in [5.74, 6) is -0.234. The molecule has 2 aromatic rings. The summed E-state index contributed by atoms with van der Waals surface area (Å²) >= 11 is 4.71. The molecule has 1 aromatic heterocycles. The Kier molecular flexibility index (Phi) is 3.05. The first-order chi connectivity index (χ1) is 7.66. The number of rotatable bonds is 3. The Balaban J connectivity index is 2.15. The van der Waals surface area contributed by atoms with Gasteiger partial charge in [0.05, 0.1) is 0 Å². The number of aromatic amines is 1. The molecule has 0 bridgehead atoms. The quantitative estimate of drug-likeness (QED) is 0.712. The number of H-pyrrole nitrogens is 1. The van der Waals surface area contributed by atoms with Gasteiger partial charge >= 0.3 is 0 Å². The lowest BCUT2D eigenvalue weighted by Crippen LogP contribution is -2.30. The van der Waals surface area contributed by atoms with Crippen molar-refractivity contribution in [3.63, 3.8) is 0 Å². The summed E-state index contributed by atoms with van der Waals surface area (Å²) in [7, 11) is 0. The molecule has 1 heterocycles. The van der Waals surface area contributed by atoms with Crippen LogP contribution in [0.3, 0.4) is 0 Å². The first-order valence-corrected chi connectivity index (χ1v) is 5.36. The van der Waals surface area contributed by atoms with Gasteiger partial charge < -0.3 is 16.0 Å². The van der Waals surface area contributed by atoms with Gasteiger partial charge in [-0.05, 0) is 42.4 Å². The van der Waals surface area contributed by atoms with Crippen LogP contribution >= 0.6 is 12.2 Å². The predicted molar refractivity (Wildman–Crippen MR) is 66.7 cm³/mol. The fraction of sp³-hybridized carbons (Fsp3) is 0.182. The maximum Gasteiger partial charge on any atom is 0.163 e. The van der Waals surface area contributed by atoms with Gasteiger partial charge in [-0.25, -0.2) is 4.39 Å². The number of nitrogens with two attached hydrogens (primary N) is 1. The number of aromatic nitrogens is 1. The minimum atomic E-state index is -0.234. The van der Waals surface area contributed by atoms with E-state index >= 15 is 0 Å². The van der Waals surface area contributed by atoms with Crippen molar-refractivity contribution < 1.29 is 4.39 Å². The van der Waals surface area contributed by atoms with Crippen LogP contribution in [0.5, 0.6) is 0 Å². The Labute approximate surface area is 97.8 Å². The van der Waals surface area contributed by atoms with Crippen molar-refractivity contribution in [1.29, 1.82) is 0 Å². The summed E-state index contributed by atoms with van der Waals surface area (Å²) in [4.78, 5) is 3.04. The monoisotopic (exact) mass is 237 g/mol. The van der Waals surface area contributed by atoms with Gasteiger partial charge in [0.15, 0.2) is 5.11 Å². The molecular formula is C11H12FN3S. The molecule has 3 nitrogen and oxygen atoms in total. The van der Waals surface area contributed by atoms with Gasteiger partial charge in [0.25, 0.3) is 0 Å². The molecule has 0 atom stereocenters. The third-order valence-electron chi connectivity index (χ3n) is 2.42. The van der Waals surface area contributed by atoms with Crippen LogP contribution in [0.15, 0.2) is 24.4 Å². The van der Waals surface area contributed by atoms with Crippen LogP contribution in [-0.2, 0) is 6.42 Å². The molecule has 0 spiro atoms. The van der Waals surface area contributed by atoms with E-state index in [4.69, 9.17) is 18.0 Å². The van der Waals surface area contributed by atoms with Gasteiger partial charge in [-0.15, -0.1) is 0 Å². The summed E-state index contributed by atoms with van der Waals surface area (Å²) in [5.41, 5.74) is 7.26. The van der Waals surface area contributed by atoms with Gasteiger partial charge in [-0.1, -0.05) is 0 Å². The second-order valence-electron chi connectivity index (χ2n) is 3.54. The van der Waals surface area contributed by atoms with Crippen LogP contribution in [0.25, 0.3) is 10.9 Å². The number of nitrogens with one attached hydrogen (secondary N) is 2. The second-order valence-corrected chi connectivity index (χ2v) is 3.98. The molecule has 0 unspecified atom stereocenters. The van der Waals surface area contributed by atoms with Gasteiger partial charge in [0.1, 0.15) is 5.82 Å². The Morgan fingerprint density at radius 1 is 1.50 bits per heavy atom. The third kappa shape index (κ3) is 2.30. The largest absolute Gasteiger partial charge is 0.376 e. The number of hydrogen-bond donors (Lipinski definition) is 3. The maximum absolute atomic E-state index is 12.9. The van der Waals surface area contributed by atoms with Crippen molar-refractivity contribution in [2.24, 2.45) is 5.73 Å². The molecular weight excluding hydrogens is 225 g/mol. The molecule has 84 valence electrons. The van der Waals surface area contributed by atoms with E-state index in [1.165, 1.54) is 12.1 Å². The first-order valence-electron chi connectivity index (χ1n) is 4.95. The number of hydrogen-bond acceptors (Lipinski definition) is 1. The highest BCUT2D eigenvalue weighted by Gasteiger charge is 2.04. The highest BCUT2D eigenvalue weighted by molar-refractivity contribution is 7.80. The van der Waals surface area contributed by atoms with Gasteiger partial charge in [-0.3, -0.25) is 0 Å². The highest BCUT2D eigenvalue weighted by Crippen LogP contribution is 2.19. The van der Waals surface area contributed by atoms with Crippen molar-refractivity contribution >= 4 is 28.2 Å². The fourth-order valence-electron chi connectivity index (χ4n) is 1.69. The highest BCUT2D eigenvalue weighted by atomic mass is 32.1. The van der Waals surface area contributed by atoms with Gasteiger partial charge in [0, 0.05) is 23.6 Å². The predicted octanol–water partition coefficient (Wildman–Crippen LogP) is 1.68. The molecule has 0 fully saturated rings. The fourth-order valence-corrected chi connectivity index (χ4v) is 1.79. The minimum absolute atomic E-state index is 0.234. The van der Waals surface area contributed by atoms with Crippen LogP contribution in [0.1, 0.15) is 5.56 Å². The molecule has 0 radical (unpaired) electrons. The standard InChI is InChI=1S/C11H12FN3S/c12-8-1-2-9-7(3-4-14-11(13)16)6-15-10(9)5-8/h1-2,5-6,15H,3-4H2,(H3,13,14,16). The van der Waals surface area contributed by atoms with E-state index in [1.807, 2.05) is 6.20 Å². The van der Waals surface area contributed by atoms with Gasteiger partial charge in [-0.2, -0.15) is 0 Å². The molecule has 0 saturated carbocycles. The smallest absolute Gasteiger partial charge is 0.163 e. The molecule has 0 saturated heterocycles. The molecule has 16 heavy (non-hydrogen) atoms. The number of benzene rings is 1. The van der Waals surface area contributed by atoms with E-state index in [-0.39, 0.29) is 5.82 Å². The average molecular weight is 237 g/mol. The van der Waals surface area contributed by atoms with E-state index < -0.39 is 0 Å². The van der Waals surface area contributed by atoms with Crippen molar-refractivity contribution in [2.75, 3.05) is 6.54 Å². The lowest BCUT2D eigenvalue weighted by Gasteiger charge is -2.02. The summed E-state index contributed by atoms with van der Waals surface area (Å²) < 4.78 is 12.9. The second kappa shape index (κ2) is 4.49. The first kappa shape index (κ1) is 10.9. The molecule has 5 heteroatoms. The third-order valence-corrected chi connectivity index (χ3v) is 2.57. The zero-order chi connectivity index (χ0) is 11.5. The normalized spacial score (nSPS) is 10.6. The van der Waals surface area contributed by atoms with Gasteiger partial charge in [0.2, 0.25) is 0 Å². The Morgan fingerprint density at radius 3 is 3.06 bits per heavy atom. The van der Waals surface area contributed by atoms with Crippen LogP contribution in [0.2, 0.25) is 0 Å². The molecule has 0 aliphatic heterocycles. The minimum Gasteiger partial charge on any atom is -0.376 e. The van der Waals surface area contributed by atoms with E-state index in [0.717, 1.165) is 22.9 Å². The van der Waals surface area contributed by atoms with E-state index in [1.54, 1.807) is 6.07 Å². The topological polar surface area (TPSA) is 53.8 Å². The molecule has 4 N–H and O–H groups in total. The summed E-state index contributed by atoms with van der Waals surface area (Å²) in [6.07, 6.45) is 2.67. The molecule has 1 aromatic carbocycles. The lowest BCUT2D eigenvalue weighted by atomic mass is 10.1. The molecule has 0 amide bonds. The number of thiocarbonyl (C=S) groups is 1. The van der Waals surface area contributed by atoms with Crippen molar-refractivity contribution in [3.8, 4) is 0 Å². The summed E-state index contributed by atoms with van der Waals surface area (Å²) in [6.45, 7) is 0.680. The van der Waals surface area contributed by atoms with E-state index in [2.05, 4.69) is 10.3 Å². The van der Waals surface area contributed by atoms with Crippen molar-refractivity contribution in [3.05, 3.63) is 35.8 Å². The number of halogens is 1. The van der Waals surface area contributed by atoms with E-state index in [0.29, 0.717) is 11.7 Å². The lowest BCUT2D eigenvalue weighted by molar-refractivity contribution is 0.629. The Hall–Kier alpha value is -1.62. The number of fused-ring (bicyclic) bond motifs is 1. The van der Waals surface area contributed by atoms with Crippen molar-refractivity contribution in [1.82, 2.24) is 10.3 Å². The zero-order valence-corrected chi connectivity index (χ0v) is 9.40. The zero-order valence-electron chi connectivity index (χ0n) is 8.59. The van der Waals surface area contributed by atoms with Crippen LogP contribution < -0.4 is 11.1 Å². The molecule has 0 aliphatic carbocycles. The molecule has 0 aliphatic rings. The maximum atomic E-state index is 12.9. The summed E-state index contributed by atoms with van der Waals surface area (Å²) in [6, 6.07) is 4.72. The van der Waals surface area contributed by atoms with E-state index in [9.17, 15) is 4.39 Å². The van der Waals surface area contributed by atoms with Crippen molar-refractivity contribution in [2.45, 2.75) is 6.42 Å². The Bertz CT molecular complexity index is 521. The SMILES string of the molecule is NC(=S)NCCc1c[nH]c2cc(F)ccc12. The molecule has 2 rings (SSSR count). The van der Waals surface area contributed by atoms with Crippen LogP contribution in [-0.4, -0.2) is 16.6 Å². The average Bonchev–Trinajstić information content (AvgIpc) is 2.60. The summed E-state index contributed by atoms with van der Waals surface area (Å²) in [5, 5.41) is 4.21. The van der Waals surface area contributed by atoms with Crippen LogP contribution in [0.4, 0.5) is 4.39 Å².